The molecule has 46 heavy (non-hydrogen) atoms. The summed E-state index contributed by atoms with van der Waals surface area (Å²) < 4.78 is 35.8. The van der Waals surface area contributed by atoms with Crippen LogP contribution in [-0.2, 0) is 28.4 Å². The topological polar surface area (TPSA) is 157 Å². The lowest BCUT2D eigenvalue weighted by Crippen LogP contribution is -2.27. The molecule has 2 rings (SSSR count). The second-order valence-electron chi connectivity index (χ2n) is 8.91. The molecule has 2 aromatic rings. The highest BCUT2D eigenvalue weighted by Crippen LogP contribution is 2.10. The summed E-state index contributed by atoms with van der Waals surface area (Å²) in [5, 5.41) is 11.3. The molecule has 0 saturated heterocycles. The standard InChI is InChI=1S/C17H23NO4.C9H17NO3.C8H8O3/c1-3-9-20-11-13-22-14-12-21-10-8-18-17(19)16-6-4-15(2)5-7-16;1-2-4-11-6-8-13-9-7-12-5-3-10;1-11-7-4-2-6(3-5-7)8(9)10/h1,4-7H,8-14H2,2H3,(H,18,19);1H,3-10H2;2-5H,1H3,(H,9,10). The summed E-state index contributed by atoms with van der Waals surface area (Å²) in [5.74, 6) is 4.40. The molecular formula is C34H48N2O10. The Morgan fingerprint density at radius 3 is 1.57 bits per heavy atom. The Kier molecular flexibility index (Phi) is 28.3. The van der Waals surface area contributed by atoms with Crippen LogP contribution in [0.2, 0.25) is 0 Å². The maximum absolute atomic E-state index is 11.8. The Hall–Kier alpha value is -3.98. The van der Waals surface area contributed by atoms with Gasteiger partial charge in [-0.15, -0.1) is 12.8 Å². The number of carbonyl (C=O) groups is 2. The number of hydrogen-bond donors (Lipinski definition) is 3. The largest absolute Gasteiger partial charge is 0.497 e. The fourth-order valence-electron chi connectivity index (χ4n) is 3.00. The highest BCUT2D eigenvalue weighted by atomic mass is 16.5. The molecule has 0 fully saturated rings. The average molecular weight is 645 g/mol. The van der Waals surface area contributed by atoms with Gasteiger partial charge in [0.05, 0.1) is 78.7 Å². The van der Waals surface area contributed by atoms with Crippen molar-refractivity contribution in [3.8, 4) is 30.4 Å². The van der Waals surface area contributed by atoms with E-state index in [1.54, 1.807) is 12.1 Å². The zero-order valence-corrected chi connectivity index (χ0v) is 26.9. The molecule has 0 radical (unpaired) electrons. The molecule has 12 nitrogen and oxygen atoms in total. The van der Waals surface area contributed by atoms with Gasteiger partial charge in [0, 0.05) is 18.7 Å². The Bertz CT molecular complexity index is 1110. The predicted octanol–water partition coefficient (Wildman–Crippen LogP) is 2.43. The average Bonchev–Trinajstić information content (AvgIpc) is 3.07. The zero-order valence-electron chi connectivity index (χ0n) is 26.9. The molecule has 12 heteroatoms. The number of carboxylic acids is 1. The number of carbonyl (C=O) groups excluding carboxylic acids is 1. The van der Waals surface area contributed by atoms with Crippen LogP contribution < -0.4 is 15.8 Å². The van der Waals surface area contributed by atoms with Gasteiger partial charge in [-0.2, -0.15) is 0 Å². The molecule has 0 aliphatic rings. The third kappa shape index (κ3) is 25.4. The molecule has 0 unspecified atom stereocenters. The van der Waals surface area contributed by atoms with Crippen molar-refractivity contribution in [2.45, 2.75) is 6.92 Å². The van der Waals surface area contributed by atoms with E-state index in [0.29, 0.717) is 104 Å². The molecule has 0 atom stereocenters. The summed E-state index contributed by atoms with van der Waals surface area (Å²) in [6.45, 7) is 8.86. The van der Waals surface area contributed by atoms with E-state index >= 15 is 0 Å². The Morgan fingerprint density at radius 2 is 1.13 bits per heavy atom. The van der Waals surface area contributed by atoms with E-state index in [4.69, 9.17) is 56.8 Å². The number of aryl methyl sites for hydroxylation is 1. The van der Waals surface area contributed by atoms with E-state index in [-0.39, 0.29) is 11.5 Å². The number of benzene rings is 2. The number of nitrogens with two attached hydrogens (primary N) is 1. The van der Waals surface area contributed by atoms with Gasteiger partial charge >= 0.3 is 5.97 Å². The summed E-state index contributed by atoms with van der Waals surface area (Å²) >= 11 is 0. The molecule has 254 valence electrons. The maximum Gasteiger partial charge on any atom is 0.335 e. The minimum absolute atomic E-state index is 0.0921. The van der Waals surface area contributed by atoms with Gasteiger partial charge in [0.25, 0.3) is 5.91 Å². The zero-order chi connectivity index (χ0) is 34.1. The number of nitrogens with one attached hydrogen (secondary N) is 1. The summed E-state index contributed by atoms with van der Waals surface area (Å²) in [6.07, 6.45) is 10.0. The predicted molar refractivity (Wildman–Crippen MR) is 175 cm³/mol. The van der Waals surface area contributed by atoms with Crippen molar-refractivity contribution in [3.05, 3.63) is 65.2 Å². The fourth-order valence-corrected chi connectivity index (χ4v) is 3.00. The lowest BCUT2D eigenvalue weighted by molar-refractivity contribution is 0.0209. The second-order valence-corrected chi connectivity index (χ2v) is 8.91. The second kappa shape index (κ2) is 31.0. The lowest BCUT2D eigenvalue weighted by Gasteiger charge is -2.07. The Labute approximate surface area is 272 Å². The van der Waals surface area contributed by atoms with Gasteiger partial charge in [-0.25, -0.2) is 4.79 Å². The van der Waals surface area contributed by atoms with Crippen molar-refractivity contribution in [3.63, 3.8) is 0 Å². The highest BCUT2D eigenvalue weighted by Gasteiger charge is 2.03. The summed E-state index contributed by atoms with van der Waals surface area (Å²) in [4.78, 5) is 22.2. The van der Waals surface area contributed by atoms with E-state index in [2.05, 4.69) is 17.2 Å². The Balaban J connectivity index is 0.000000718. The number of aromatic carboxylic acids is 1. The van der Waals surface area contributed by atoms with Crippen LogP contribution >= 0.6 is 0 Å². The van der Waals surface area contributed by atoms with Crippen LogP contribution in [0, 0.1) is 31.6 Å². The number of hydrogen-bond acceptors (Lipinski definition) is 10. The van der Waals surface area contributed by atoms with Crippen LogP contribution in [0.1, 0.15) is 26.3 Å². The van der Waals surface area contributed by atoms with E-state index in [1.807, 2.05) is 31.2 Å². The van der Waals surface area contributed by atoms with Crippen LogP contribution in [-0.4, -0.2) is 116 Å². The summed E-state index contributed by atoms with van der Waals surface area (Å²) in [7, 11) is 1.54. The van der Waals surface area contributed by atoms with E-state index < -0.39 is 5.97 Å². The molecule has 0 spiro atoms. The number of amides is 1. The monoisotopic (exact) mass is 644 g/mol. The summed E-state index contributed by atoms with van der Waals surface area (Å²) in [5.41, 5.74) is 7.27. The molecule has 0 bridgehead atoms. The molecule has 0 heterocycles. The van der Waals surface area contributed by atoms with Gasteiger partial charge in [-0.05, 0) is 43.3 Å². The number of rotatable bonds is 22. The first-order valence-corrected chi connectivity index (χ1v) is 14.6. The summed E-state index contributed by atoms with van der Waals surface area (Å²) in [6, 6.07) is 13.7. The van der Waals surface area contributed by atoms with Crippen LogP contribution in [0.25, 0.3) is 0 Å². The highest BCUT2D eigenvalue weighted by molar-refractivity contribution is 5.94. The van der Waals surface area contributed by atoms with Crippen LogP contribution in [0.5, 0.6) is 5.75 Å². The smallest absolute Gasteiger partial charge is 0.335 e. The quantitative estimate of drug-likeness (QED) is 0.128. The minimum Gasteiger partial charge on any atom is -0.497 e. The van der Waals surface area contributed by atoms with Gasteiger partial charge in [0.1, 0.15) is 19.0 Å². The van der Waals surface area contributed by atoms with Crippen molar-refractivity contribution < 1.29 is 47.9 Å². The third-order valence-corrected chi connectivity index (χ3v) is 5.30. The van der Waals surface area contributed by atoms with Crippen LogP contribution in [0.15, 0.2) is 48.5 Å². The molecule has 0 aliphatic heterocycles. The fraction of sp³-hybridized carbons (Fsp3) is 0.471. The normalized spacial score (nSPS) is 9.85. The van der Waals surface area contributed by atoms with Crippen molar-refractivity contribution in [1.82, 2.24) is 5.32 Å². The van der Waals surface area contributed by atoms with E-state index in [0.717, 1.165) is 5.56 Å². The minimum atomic E-state index is -0.923. The van der Waals surface area contributed by atoms with Gasteiger partial charge < -0.3 is 49.3 Å². The Morgan fingerprint density at radius 1 is 0.696 bits per heavy atom. The van der Waals surface area contributed by atoms with E-state index in [1.165, 1.54) is 19.2 Å². The molecule has 4 N–H and O–H groups in total. The molecule has 2 aromatic carbocycles. The number of methoxy groups -OCH3 is 1. The third-order valence-electron chi connectivity index (χ3n) is 5.30. The maximum atomic E-state index is 11.8. The van der Waals surface area contributed by atoms with Gasteiger partial charge in [-0.3, -0.25) is 4.79 Å². The van der Waals surface area contributed by atoms with Crippen molar-refractivity contribution >= 4 is 11.9 Å². The van der Waals surface area contributed by atoms with Crippen LogP contribution in [0.4, 0.5) is 0 Å². The molecule has 0 aliphatic carbocycles. The molecule has 1 amide bonds. The van der Waals surface area contributed by atoms with Crippen molar-refractivity contribution in [2.75, 3.05) is 99.5 Å². The molecule has 0 saturated carbocycles. The molecular weight excluding hydrogens is 596 g/mol. The van der Waals surface area contributed by atoms with Gasteiger partial charge in [-0.1, -0.05) is 29.5 Å². The first-order valence-electron chi connectivity index (χ1n) is 14.6. The van der Waals surface area contributed by atoms with Gasteiger partial charge in [0.2, 0.25) is 0 Å². The van der Waals surface area contributed by atoms with Crippen molar-refractivity contribution in [2.24, 2.45) is 5.73 Å². The first kappa shape index (κ1) is 42.0. The van der Waals surface area contributed by atoms with Crippen molar-refractivity contribution in [1.29, 1.82) is 0 Å². The van der Waals surface area contributed by atoms with E-state index in [9.17, 15) is 9.59 Å². The first-order chi connectivity index (χ1) is 22.4. The SMILES string of the molecule is C#CCOCCOCCOCCN.C#CCOCCOCCOCCNC(=O)c1ccc(C)cc1.COc1ccc(C(=O)O)cc1. The lowest BCUT2D eigenvalue weighted by atomic mass is 10.1. The number of terminal acetylenes is 2. The van der Waals surface area contributed by atoms with Gasteiger partial charge in [0.15, 0.2) is 0 Å². The number of carboxylic acid groups (broad SMARTS) is 1. The molecule has 0 aromatic heterocycles. The number of ether oxygens (including phenoxy) is 7. The van der Waals surface area contributed by atoms with Crippen LogP contribution in [0.3, 0.4) is 0 Å².